The van der Waals surface area contributed by atoms with Gasteiger partial charge in [0.15, 0.2) is 0 Å². The predicted octanol–water partition coefficient (Wildman–Crippen LogP) is 1.59. The van der Waals surface area contributed by atoms with E-state index in [0.29, 0.717) is 0 Å². The summed E-state index contributed by atoms with van der Waals surface area (Å²) in [5.41, 5.74) is -0.339. The molecule has 0 bridgehead atoms. The highest BCUT2D eigenvalue weighted by Gasteiger charge is 2.39. The Labute approximate surface area is 85.7 Å². The first kappa shape index (κ1) is 11.3. The van der Waals surface area contributed by atoms with Crippen LogP contribution in [0.25, 0.3) is 0 Å². The van der Waals surface area contributed by atoms with Gasteiger partial charge in [0.2, 0.25) is 0 Å². The van der Waals surface area contributed by atoms with Crippen LogP contribution >= 0.6 is 11.8 Å². The Morgan fingerprint density at radius 3 is 2.69 bits per heavy atom. The molecule has 2 nitrogen and oxygen atoms in total. The smallest absolute Gasteiger partial charge is 0.0900 e. The fourth-order valence-electron chi connectivity index (χ4n) is 2.00. The van der Waals surface area contributed by atoms with E-state index < -0.39 is 0 Å². The number of nitrogens with zero attached hydrogens (tertiary/aromatic N) is 1. The van der Waals surface area contributed by atoms with Crippen LogP contribution in [0.5, 0.6) is 0 Å². The van der Waals surface area contributed by atoms with E-state index in [1.54, 1.807) is 0 Å². The van der Waals surface area contributed by atoms with Crippen molar-refractivity contribution in [3.05, 3.63) is 0 Å². The second-order valence-electron chi connectivity index (χ2n) is 4.03. The number of likely N-dealkylation sites (tertiary alicyclic amines) is 1. The first-order valence-electron chi connectivity index (χ1n) is 5.14. The van der Waals surface area contributed by atoms with Gasteiger partial charge in [0.05, 0.1) is 5.60 Å². The number of aliphatic hydroxyl groups is 1. The Morgan fingerprint density at radius 2 is 2.15 bits per heavy atom. The van der Waals surface area contributed by atoms with Crippen LogP contribution in [0.1, 0.15) is 26.2 Å². The fraction of sp³-hybridized carbons (Fsp3) is 1.00. The molecule has 1 saturated heterocycles. The summed E-state index contributed by atoms with van der Waals surface area (Å²) in [5.74, 6) is 1.24. The molecular formula is C10H21NOS. The van der Waals surface area contributed by atoms with Crippen LogP contribution in [0.2, 0.25) is 0 Å². The van der Waals surface area contributed by atoms with Gasteiger partial charge in [0, 0.05) is 13.1 Å². The zero-order valence-corrected chi connectivity index (χ0v) is 9.57. The van der Waals surface area contributed by atoms with Crippen molar-refractivity contribution >= 4 is 11.8 Å². The maximum absolute atomic E-state index is 9.89. The SMILES string of the molecule is CCCC1(O)CN(CCCSC)C1. The Hall–Kier alpha value is 0.270. The lowest BCUT2D eigenvalue weighted by Gasteiger charge is -2.46. The molecule has 0 amide bonds. The molecule has 13 heavy (non-hydrogen) atoms. The summed E-state index contributed by atoms with van der Waals surface area (Å²) in [7, 11) is 0. The van der Waals surface area contributed by atoms with Crippen LogP contribution < -0.4 is 0 Å². The first-order valence-corrected chi connectivity index (χ1v) is 6.53. The van der Waals surface area contributed by atoms with E-state index >= 15 is 0 Å². The van der Waals surface area contributed by atoms with Crippen molar-refractivity contribution in [1.29, 1.82) is 0 Å². The van der Waals surface area contributed by atoms with E-state index in [2.05, 4.69) is 18.1 Å². The van der Waals surface area contributed by atoms with Gasteiger partial charge in [0.1, 0.15) is 0 Å². The van der Waals surface area contributed by atoms with Crippen LogP contribution in [0, 0.1) is 0 Å². The number of rotatable bonds is 6. The minimum Gasteiger partial charge on any atom is -0.387 e. The topological polar surface area (TPSA) is 23.5 Å². The zero-order chi connectivity index (χ0) is 9.73. The van der Waals surface area contributed by atoms with Crippen molar-refractivity contribution in [1.82, 2.24) is 4.90 Å². The number of hydrogen-bond donors (Lipinski definition) is 1. The molecule has 1 fully saturated rings. The van der Waals surface area contributed by atoms with Gasteiger partial charge in [0.25, 0.3) is 0 Å². The summed E-state index contributed by atoms with van der Waals surface area (Å²) in [6.45, 7) is 5.09. The highest BCUT2D eigenvalue weighted by Crippen LogP contribution is 2.25. The van der Waals surface area contributed by atoms with Gasteiger partial charge in [-0.15, -0.1) is 0 Å². The summed E-state index contributed by atoms with van der Waals surface area (Å²) in [6, 6.07) is 0. The molecule has 1 heterocycles. The molecule has 1 aliphatic heterocycles. The molecule has 1 aliphatic rings. The third-order valence-corrected chi connectivity index (χ3v) is 3.27. The quantitative estimate of drug-likeness (QED) is 0.663. The van der Waals surface area contributed by atoms with Crippen molar-refractivity contribution < 1.29 is 5.11 Å². The molecule has 78 valence electrons. The maximum atomic E-state index is 9.89. The Morgan fingerprint density at radius 1 is 1.46 bits per heavy atom. The lowest BCUT2D eigenvalue weighted by molar-refractivity contribution is -0.102. The van der Waals surface area contributed by atoms with Gasteiger partial charge in [-0.05, 0) is 31.4 Å². The third kappa shape index (κ3) is 3.49. The summed E-state index contributed by atoms with van der Waals surface area (Å²) in [4.78, 5) is 2.35. The van der Waals surface area contributed by atoms with Gasteiger partial charge in [-0.2, -0.15) is 11.8 Å². The van der Waals surface area contributed by atoms with Gasteiger partial charge >= 0.3 is 0 Å². The first-order chi connectivity index (χ1) is 6.20. The van der Waals surface area contributed by atoms with E-state index in [1.807, 2.05) is 11.8 Å². The standard InChI is InChI=1S/C10H21NOS/c1-3-5-10(12)8-11(9-10)6-4-7-13-2/h12H,3-9H2,1-2H3. The molecule has 0 unspecified atom stereocenters. The molecule has 3 heteroatoms. The predicted molar refractivity (Wildman–Crippen MR) is 59.3 cm³/mol. The van der Waals surface area contributed by atoms with Gasteiger partial charge < -0.3 is 5.11 Å². The van der Waals surface area contributed by atoms with Gasteiger partial charge in [-0.3, -0.25) is 4.90 Å². The van der Waals surface area contributed by atoms with E-state index in [0.717, 1.165) is 32.5 Å². The Kier molecular flexibility index (Phi) is 4.56. The minimum absolute atomic E-state index is 0.339. The molecule has 0 aromatic rings. The Bertz CT molecular complexity index is 146. The largest absolute Gasteiger partial charge is 0.387 e. The lowest BCUT2D eigenvalue weighted by Crippen LogP contribution is -2.61. The second-order valence-corrected chi connectivity index (χ2v) is 5.02. The number of β-amino-alcohol motifs (C(OH)–C–C–N with tert-alkyl or cyclic N) is 1. The highest BCUT2D eigenvalue weighted by atomic mass is 32.2. The van der Waals surface area contributed by atoms with E-state index in [4.69, 9.17) is 0 Å². The lowest BCUT2D eigenvalue weighted by atomic mass is 9.89. The molecule has 0 radical (unpaired) electrons. The van der Waals surface area contributed by atoms with E-state index in [9.17, 15) is 5.11 Å². The molecular weight excluding hydrogens is 182 g/mol. The monoisotopic (exact) mass is 203 g/mol. The van der Waals surface area contributed by atoms with Crippen LogP contribution in [0.3, 0.4) is 0 Å². The van der Waals surface area contributed by atoms with Gasteiger partial charge in [-0.25, -0.2) is 0 Å². The van der Waals surface area contributed by atoms with E-state index in [1.165, 1.54) is 12.2 Å². The molecule has 0 aromatic heterocycles. The highest BCUT2D eigenvalue weighted by molar-refractivity contribution is 7.98. The van der Waals surface area contributed by atoms with Crippen molar-refractivity contribution in [3.8, 4) is 0 Å². The van der Waals surface area contributed by atoms with Crippen LogP contribution in [-0.4, -0.2) is 47.3 Å². The number of thioether (sulfide) groups is 1. The average Bonchev–Trinajstić information content (AvgIpc) is 2.02. The summed E-state index contributed by atoms with van der Waals surface area (Å²) >= 11 is 1.90. The molecule has 0 saturated carbocycles. The van der Waals surface area contributed by atoms with E-state index in [-0.39, 0.29) is 5.60 Å². The summed E-state index contributed by atoms with van der Waals surface area (Å²) in [6.07, 6.45) is 5.45. The maximum Gasteiger partial charge on any atom is 0.0900 e. The number of hydrogen-bond acceptors (Lipinski definition) is 3. The minimum atomic E-state index is -0.339. The molecule has 1 N–H and O–H groups in total. The zero-order valence-electron chi connectivity index (χ0n) is 8.75. The summed E-state index contributed by atoms with van der Waals surface area (Å²) in [5, 5.41) is 9.89. The van der Waals surface area contributed by atoms with Crippen LogP contribution in [0.15, 0.2) is 0 Å². The normalized spacial score (nSPS) is 21.5. The Balaban J connectivity index is 2.03. The average molecular weight is 203 g/mol. The third-order valence-electron chi connectivity index (χ3n) is 2.57. The molecule has 1 rings (SSSR count). The van der Waals surface area contributed by atoms with Gasteiger partial charge in [-0.1, -0.05) is 13.3 Å². The van der Waals surface area contributed by atoms with Crippen LogP contribution in [-0.2, 0) is 0 Å². The molecule has 0 spiro atoms. The molecule has 0 aliphatic carbocycles. The van der Waals surface area contributed by atoms with Crippen molar-refractivity contribution in [3.63, 3.8) is 0 Å². The second kappa shape index (κ2) is 5.23. The van der Waals surface area contributed by atoms with Crippen molar-refractivity contribution in [2.24, 2.45) is 0 Å². The summed E-state index contributed by atoms with van der Waals surface area (Å²) < 4.78 is 0. The molecule has 0 atom stereocenters. The van der Waals surface area contributed by atoms with Crippen LogP contribution in [0.4, 0.5) is 0 Å². The van der Waals surface area contributed by atoms with Crippen molar-refractivity contribution in [2.45, 2.75) is 31.8 Å². The molecule has 0 aromatic carbocycles. The fourth-order valence-corrected chi connectivity index (χ4v) is 2.42. The van der Waals surface area contributed by atoms with Crippen molar-refractivity contribution in [2.75, 3.05) is 31.6 Å².